The highest BCUT2D eigenvalue weighted by molar-refractivity contribution is 7.79. The van der Waals surface area contributed by atoms with Crippen molar-refractivity contribution < 1.29 is 13.9 Å². The van der Waals surface area contributed by atoms with Gasteiger partial charge < -0.3 is 9.66 Å². The molecule has 0 aliphatic rings. The average Bonchev–Trinajstić information content (AvgIpc) is 1.65. The van der Waals surface area contributed by atoms with Crippen LogP contribution in [0.1, 0.15) is 13.3 Å². The molecule has 1 N–H and O–H groups in total. The summed E-state index contributed by atoms with van der Waals surface area (Å²) in [6, 6.07) is 0. The molecule has 0 aliphatic heterocycles. The van der Waals surface area contributed by atoms with Crippen molar-refractivity contribution in [2.45, 2.75) is 18.8 Å². The number of aliphatic hydroxyl groups excluding tert-OH is 1. The van der Waals surface area contributed by atoms with E-state index in [1.54, 1.807) is 6.92 Å². The summed E-state index contributed by atoms with van der Waals surface area (Å²) in [7, 11) is 0. The number of aliphatic hydroxyl groups is 1. The van der Waals surface area contributed by atoms with Gasteiger partial charge in [0.1, 0.15) is 5.44 Å². The molecule has 2 atom stereocenters. The van der Waals surface area contributed by atoms with E-state index < -0.39 is 16.5 Å². The van der Waals surface area contributed by atoms with E-state index in [0.717, 1.165) is 0 Å². The van der Waals surface area contributed by atoms with Crippen molar-refractivity contribution in [1.29, 1.82) is 0 Å². The molecule has 3 nitrogen and oxygen atoms in total. The zero-order valence-corrected chi connectivity index (χ0v) is 4.77. The van der Waals surface area contributed by atoms with Gasteiger partial charge in [-0.15, -0.1) is 0 Å². The molecule has 0 fully saturated rings. The van der Waals surface area contributed by atoms with Gasteiger partial charge in [-0.1, -0.05) is 6.92 Å². The first kappa shape index (κ1) is 7.07. The fraction of sp³-hybridized carbons (Fsp3) is 1.00. The molecule has 0 aromatic carbocycles. The second-order valence-electron chi connectivity index (χ2n) is 1.12. The second-order valence-corrected chi connectivity index (χ2v) is 2.19. The van der Waals surface area contributed by atoms with Gasteiger partial charge in [0.2, 0.25) is 0 Å². The van der Waals surface area contributed by atoms with Crippen LogP contribution in [-0.2, 0) is 11.1 Å². The Bertz CT molecular complexity index is 72.6. The van der Waals surface area contributed by atoms with Crippen molar-refractivity contribution in [3.05, 3.63) is 0 Å². The van der Waals surface area contributed by atoms with Crippen LogP contribution in [0, 0.1) is 0 Å². The topological polar surface area (TPSA) is 60.4 Å². The molecule has 0 aromatic heterocycles. The van der Waals surface area contributed by atoms with E-state index >= 15 is 0 Å². The minimum absolute atomic E-state index is 0.260. The lowest BCUT2D eigenvalue weighted by Gasteiger charge is -2.08. The summed E-state index contributed by atoms with van der Waals surface area (Å²) in [5.74, 6) is 0. The quantitative estimate of drug-likeness (QED) is 0.508. The summed E-state index contributed by atoms with van der Waals surface area (Å²) in [6.45, 7) is 1.60. The third kappa shape index (κ3) is 2.73. The summed E-state index contributed by atoms with van der Waals surface area (Å²) in [5.41, 5.74) is -1.18. The van der Waals surface area contributed by atoms with Gasteiger partial charge in [0.25, 0.3) is 0 Å². The Morgan fingerprint density at radius 2 is 2.43 bits per heavy atom. The van der Waals surface area contributed by atoms with Crippen LogP contribution in [0.4, 0.5) is 0 Å². The van der Waals surface area contributed by atoms with E-state index in [-0.39, 0.29) is 6.42 Å². The molecule has 0 heterocycles. The molecule has 44 valence electrons. The third-order valence-corrected chi connectivity index (χ3v) is 1.35. The van der Waals surface area contributed by atoms with Gasteiger partial charge in [0, 0.05) is 0 Å². The minimum Gasteiger partial charge on any atom is -0.770 e. The van der Waals surface area contributed by atoms with E-state index in [2.05, 4.69) is 0 Å². The molecule has 7 heavy (non-hydrogen) atoms. The molecule has 0 amide bonds. The predicted molar refractivity (Wildman–Crippen MR) is 25.2 cm³/mol. The van der Waals surface area contributed by atoms with Gasteiger partial charge in [-0.2, -0.15) is 0 Å². The van der Waals surface area contributed by atoms with E-state index in [0.29, 0.717) is 0 Å². The molecule has 0 rings (SSSR count). The maximum absolute atomic E-state index is 9.68. The summed E-state index contributed by atoms with van der Waals surface area (Å²) >= 11 is -2.30. The first-order valence-electron chi connectivity index (χ1n) is 1.94. The summed E-state index contributed by atoms with van der Waals surface area (Å²) in [6.07, 6.45) is 0.260. The first-order valence-corrected chi connectivity index (χ1v) is 3.08. The zero-order valence-electron chi connectivity index (χ0n) is 3.96. The molecule has 0 aromatic rings. The van der Waals surface area contributed by atoms with Gasteiger partial charge in [-0.25, -0.2) is 0 Å². The maximum Gasteiger partial charge on any atom is 0.115 e. The Labute approximate surface area is 44.6 Å². The lowest BCUT2D eigenvalue weighted by atomic mass is 10.5. The Morgan fingerprint density at radius 1 is 2.00 bits per heavy atom. The fourth-order valence-electron chi connectivity index (χ4n) is 0.136. The predicted octanol–water partition coefficient (Wildman–Crippen LogP) is -0.406. The van der Waals surface area contributed by atoms with E-state index in [1.807, 2.05) is 0 Å². The molecule has 0 saturated carbocycles. The molecular weight excluding hydrogens is 116 g/mol. The smallest absolute Gasteiger partial charge is 0.115 e. The van der Waals surface area contributed by atoms with Crippen molar-refractivity contribution in [2.24, 2.45) is 0 Å². The number of hydrogen-bond donors (Lipinski definition) is 1. The highest BCUT2D eigenvalue weighted by Crippen LogP contribution is 1.91. The van der Waals surface area contributed by atoms with Crippen LogP contribution in [0.15, 0.2) is 0 Å². The Balaban J connectivity index is 3.34. The molecule has 0 radical (unpaired) electrons. The average molecular weight is 123 g/mol. The normalized spacial score (nSPS) is 18.7. The highest BCUT2D eigenvalue weighted by Gasteiger charge is 1.95. The van der Waals surface area contributed by atoms with Crippen LogP contribution in [0.5, 0.6) is 0 Å². The van der Waals surface area contributed by atoms with Crippen LogP contribution >= 0.6 is 0 Å². The van der Waals surface area contributed by atoms with Crippen molar-refractivity contribution in [3.63, 3.8) is 0 Å². The van der Waals surface area contributed by atoms with E-state index in [4.69, 9.17) is 5.11 Å². The molecule has 0 saturated heterocycles. The standard InChI is InChI=1S/C3H8O3S/c1-2-3(4)7(5)6/h3-4H,2H2,1H3,(H,5,6)/p-1. The van der Waals surface area contributed by atoms with Crippen LogP contribution in [-0.4, -0.2) is 19.3 Å². The minimum atomic E-state index is -2.30. The molecular formula is C3H7O3S-. The lowest BCUT2D eigenvalue weighted by molar-refractivity contribution is 0.240. The van der Waals surface area contributed by atoms with Gasteiger partial charge in [0.15, 0.2) is 0 Å². The third-order valence-electron chi connectivity index (χ3n) is 0.571. The van der Waals surface area contributed by atoms with Crippen LogP contribution in [0.2, 0.25) is 0 Å². The van der Waals surface area contributed by atoms with Crippen molar-refractivity contribution in [3.8, 4) is 0 Å². The molecule has 0 aliphatic carbocycles. The second kappa shape index (κ2) is 3.12. The van der Waals surface area contributed by atoms with Crippen LogP contribution < -0.4 is 0 Å². The Hall–Kier alpha value is 0.0700. The summed E-state index contributed by atoms with van der Waals surface area (Å²) < 4.78 is 19.4. The SMILES string of the molecule is CCC(O)S(=O)[O-]. The van der Waals surface area contributed by atoms with Gasteiger partial charge >= 0.3 is 0 Å². The molecule has 0 spiro atoms. The number of hydrogen-bond acceptors (Lipinski definition) is 3. The first-order chi connectivity index (χ1) is 3.18. The number of rotatable bonds is 2. The van der Waals surface area contributed by atoms with E-state index in [1.165, 1.54) is 0 Å². The van der Waals surface area contributed by atoms with Gasteiger partial charge in [-0.05, 0) is 17.5 Å². The fourth-order valence-corrected chi connectivity index (χ4v) is 0.408. The largest absolute Gasteiger partial charge is 0.770 e. The van der Waals surface area contributed by atoms with Gasteiger partial charge in [-0.3, -0.25) is 4.21 Å². The van der Waals surface area contributed by atoms with Crippen LogP contribution in [0.25, 0.3) is 0 Å². The monoisotopic (exact) mass is 123 g/mol. The van der Waals surface area contributed by atoms with Crippen molar-refractivity contribution >= 4 is 11.1 Å². The Kier molecular flexibility index (Phi) is 3.15. The van der Waals surface area contributed by atoms with Gasteiger partial charge in [0.05, 0.1) is 0 Å². The highest BCUT2D eigenvalue weighted by atomic mass is 32.2. The lowest BCUT2D eigenvalue weighted by Crippen LogP contribution is -2.10. The van der Waals surface area contributed by atoms with Crippen molar-refractivity contribution in [1.82, 2.24) is 0 Å². The molecule has 4 heteroatoms. The van der Waals surface area contributed by atoms with Crippen molar-refractivity contribution in [2.75, 3.05) is 0 Å². The maximum atomic E-state index is 9.68. The van der Waals surface area contributed by atoms with Crippen LogP contribution in [0.3, 0.4) is 0 Å². The molecule has 2 unspecified atom stereocenters. The molecule has 0 bridgehead atoms. The van der Waals surface area contributed by atoms with E-state index in [9.17, 15) is 8.76 Å². The zero-order chi connectivity index (χ0) is 5.86. The summed E-state index contributed by atoms with van der Waals surface area (Å²) in [4.78, 5) is 0. The Morgan fingerprint density at radius 3 is 2.43 bits per heavy atom. The summed E-state index contributed by atoms with van der Waals surface area (Å²) in [5, 5.41) is 8.32.